The van der Waals surface area contributed by atoms with E-state index in [2.05, 4.69) is 37.3 Å². The van der Waals surface area contributed by atoms with E-state index in [1.807, 2.05) is 24.8 Å². The summed E-state index contributed by atoms with van der Waals surface area (Å²) in [4.78, 5) is 32.4. The fraction of sp³-hybridized carbons (Fsp3) is 0.727. The number of likely N-dealkylation sites (tertiary alicyclic amines) is 1. The highest BCUT2D eigenvalue weighted by molar-refractivity contribution is 14.0. The fourth-order valence-corrected chi connectivity index (χ4v) is 4.07. The van der Waals surface area contributed by atoms with E-state index in [0.717, 1.165) is 83.7 Å². The summed E-state index contributed by atoms with van der Waals surface area (Å²) in [6.45, 7) is 14.2. The molecule has 0 saturated carbocycles. The molecule has 3 rings (SSSR count). The number of piperazine rings is 1. The van der Waals surface area contributed by atoms with Crippen molar-refractivity contribution in [2.75, 3.05) is 63.8 Å². The minimum Gasteiger partial charge on any atom is -0.357 e. The second-order valence-corrected chi connectivity index (χ2v) is 8.56. The number of rotatable bonds is 8. The molecule has 32 heavy (non-hydrogen) atoms. The van der Waals surface area contributed by atoms with Gasteiger partial charge in [0.2, 0.25) is 11.9 Å². The predicted octanol–water partition coefficient (Wildman–Crippen LogP) is 1.42. The van der Waals surface area contributed by atoms with Gasteiger partial charge in [0.1, 0.15) is 0 Å². The minimum atomic E-state index is 0. The molecule has 2 N–H and O–H groups in total. The van der Waals surface area contributed by atoms with Crippen molar-refractivity contribution in [3.8, 4) is 0 Å². The van der Waals surface area contributed by atoms with E-state index in [0.29, 0.717) is 0 Å². The van der Waals surface area contributed by atoms with Gasteiger partial charge in [0.25, 0.3) is 0 Å². The Morgan fingerprint density at radius 1 is 1.19 bits per heavy atom. The molecule has 0 spiro atoms. The first-order valence-corrected chi connectivity index (χ1v) is 11.6. The van der Waals surface area contributed by atoms with E-state index in [9.17, 15) is 4.79 Å². The van der Waals surface area contributed by atoms with Crippen molar-refractivity contribution in [3.63, 3.8) is 0 Å². The van der Waals surface area contributed by atoms with Crippen LogP contribution in [0.5, 0.6) is 0 Å². The number of hydrogen-bond acceptors (Lipinski definition) is 6. The van der Waals surface area contributed by atoms with Crippen molar-refractivity contribution in [1.82, 2.24) is 30.4 Å². The number of hydrogen-bond donors (Lipinski definition) is 2. The molecule has 0 radical (unpaired) electrons. The number of guanidine groups is 1. The third-order valence-electron chi connectivity index (χ3n) is 5.79. The highest BCUT2D eigenvalue weighted by Crippen LogP contribution is 2.13. The zero-order valence-electron chi connectivity index (χ0n) is 19.7. The van der Waals surface area contributed by atoms with E-state index in [-0.39, 0.29) is 41.8 Å². The summed E-state index contributed by atoms with van der Waals surface area (Å²) >= 11 is 0. The summed E-state index contributed by atoms with van der Waals surface area (Å²) in [5.41, 5.74) is 0. The van der Waals surface area contributed by atoms with Gasteiger partial charge in [0, 0.05) is 83.3 Å². The third kappa shape index (κ3) is 8.02. The third-order valence-corrected chi connectivity index (χ3v) is 5.79. The molecule has 9 nitrogen and oxygen atoms in total. The van der Waals surface area contributed by atoms with Gasteiger partial charge in [-0.2, -0.15) is 0 Å². The van der Waals surface area contributed by atoms with E-state index in [1.165, 1.54) is 0 Å². The molecule has 1 aromatic rings. The number of aliphatic imine (C=N–C) groups is 1. The number of nitrogens with one attached hydrogen (secondary N) is 2. The van der Waals surface area contributed by atoms with E-state index >= 15 is 0 Å². The number of aromatic nitrogens is 2. The summed E-state index contributed by atoms with van der Waals surface area (Å²) in [6, 6.07) is 2.12. The zero-order valence-corrected chi connectivity index (χ0v) is 22.0. The van der Waals surface area contributed by atoms with Crippen LogP contribution in [0.2, 0.25) is 0 Å². The molecule has 2 aliphatic heterocycles. The maximum Gasteiger partial charge on any atom is 0.225 e. The lowest BCUT2D eigenvalue weighted by atomic mass is 10.2. The number of carbonyl (C=O) groups excluding carboxylic acids is 1. The van der Waals surface area contributed by atoms with Crippen molar-refractivity contribution < 1.29 is 4.79 Å². The van der Waals surface area contributed by atoms with Crippen molar-refractivity contribution in [1.29, 1.82) is 0 Å². The summed E-state index contributed by atoms with van der Waals surface area (Å²) < 4.78 is 0. The lowest BCUT2D eigenvalue weighted by molar-refractivity contribution is -0.133. The van der Waals surface area contributed by atoms with E-state index in [4.69, 9.17) is 4.99 Å². The Morgan fingerprint density at radius 2 is 1.91 bits per heavy atom. The zero-order chi connectivity index (χ0) is 22.1. The van der Waals surface area contributed by atoms with Gasteiger partial charge in [-0.15, -0.1) is 24.0 Å². The van der Waals surface area contributed by atoms with Gasteiger partial charge in [-0.1, -0.05) is 13.8 Å². The average molecular weight is 559 g/mol. The van der Waals surface area contributed by atoms with Crippen LogP contribution in [0.1, 0.15) is 33.6 Å². The van der Waals surface area contributed by atoms with Gasteiger partial charge in [-0.3, -0.25) is 14.7 Å². The Hall–Kier alpha value is -1.69. The standard InChI is InChI=1S/C22H38N8O.HI/c1-4-23-21(27-19-7-12-30(17-19)20(31)18(2)3)24-10-6-11-28-13-15-29(16-14-28)22-25-8-5-9-26-22;/h5,8-9,18-19H,4,6-7,10-17H2,1-3H3,(H2,23,24,27);1H. The van der Waals surface area contributed by atoms with Crippen LogP contribution >= 0.6 is 24.0 Å². The van der Waals surface area contributed by atoms with Crippen molar-refractivity contribution >= 4 is 41.8 Å². The van der Waals surface area contributed by atoms with Gasteiger partial charge in [-0.25, -0.2) is 9.97 Å². The van der Waals surface area contributed by atoms with Crippen LogP contribution in [0.25, 0.3) is 0 Å². The first kappa shape index (κ1) is 26.6. The lowest BCUT2D eigenvalue weighted by Gasteiger charge is -2.34. The van der Waals surface area contributed by atoms with Crippen LogP contribution in [-0.2, 0) is 4.79 Å². The van der Waals surface area contributed by atoms with Gasteiger partial charge >= 0.3 is 0 Å². The number of nitrogens with zero attached hydrogens (tertiary/aromatic N) is 6. The number of halogens is 1. The summed E-state index contributed by atoms with van der Waals surface area (Å²) in [7, 11) is 0. The Kier molecular flexibility index (Phi) is 11.4. The molecule has 0 aromatic carbocycles. The smallest absolute Gasteiger partial charge is 0.225 e. The molecule has 2 saturated heterocycles. The van der Waals surface area contributed by atoms with Gasteiger partial charge in [0.15, 0.2) is 5.96 Å². The highest BCUT2D eigenvalue weighted by atomic mass is 127. The molecular formula is C22H39IN8O. The molecule has 1 amide bonds. The van der Waals surface area contributed by atoms with Crippen LogP contribution in [0, 0.1) is 5.92 Å². The number of anilines is 1. The van der Waals surface area contributed by atoms with Crippen LogP contribution in [0.4, 0.5) is 5.95 Å². The molecule has 2 fully saturated rings. The molecule has 1 unspecified atom stereocenters. The lowest BCUT2D eigenvalue weighted by Crippen LogP contribution is -2.47. The molecule has 180 valence electrons. The monoisotopic (exact) mass is 558 g/mol. The molecular weight excluding hydrogens is 519 g/mol. The first-order chi connectivity index (χ1) is 15.1. The largest absolute Gasteiger partial charge is 0.357 e. The minimum absolute atomic E-state index is 0. The highest BCUT2D eigenvalue weighted by Gasteiger charge is 2.28. The van der Waals surface area contributed by atoms with Crippen LogP contribution in [-0.4, -0.2) is 96.6 Å². The molecule has 0 aliphatic carbocycles. The average Bonchev–Trinajstić information content (AvgIpc) is 3.25. The quantitative estimate of drug-likeness (QED) is 0.216. The molecule has 0 bridgehead atoms. The number of amides is 1. The van der Waals surface area contributed by atoms with E-state index in [1.54, 1.807) is 12.4 Å². The van der Waals surface area contributed by atoms with Gasteiger partial charge < -0.3 is 20.4 Å². The SMILES string of the molecule is CCNC(=NCCCN1CCN(c2ncccn2)CC1)NC1CCN(C(=O)C(C)C)C1.I. The summed E-state index contributed by atoms with van der Waals surface area (Å²) in [5.74, 6) is 1.99. The Balaban J connectivity index is 0.00000363. The van der Waals surface area contributed by atoms with Crippen molar-refractivity contribution in [2.24, 2.45) is 10.9 Å². The summed E-state index contributed by atoms with van der Waals surface area (Å²) in [5, 5.41) is 6.85. The Labute approximate surface area is 209 Å². The van der Waals surface area contributed by atoms with Gasteiger partial charge in [-0.05, 0) is 25.8 Å². The molecule has 1 atom stereocenters. The molecule has 3 heterocycles. The normalized spacial score (nSPS) is 19.8. The Morgan fingerprint density at radius 3 is 2.56 bits per heavy atom. The van der Waals surface area contributed by atoms with Crippen LogP contribution in [0.15, 0.2) is 23.5 Å². The second-order valence-electron chi connectivity index (χ2n) is 8.56. The maximum absolute atomic E-state index is 12.2. The van der Waals surface area contributed by atoms with Crippen LogP contribution < -0.4 is 15.5 Å². The summed E-state index contributed by atoms with van der Waals surface area (Å²) in [6.07, 6.45) is 5.60. The first-order valence-electron chi connectivity index (χ1n) is 11.6. The fourth-order valence-electron chi connectivity index (χ4n) is 4.07. The van der Waals surface area contributed by atoms with E-state index < -0.39 is 0 Å². The number of carbonyl (C=O) groups is 1. The second kappa shape index (κ2) is 13.8. The van der Waals surface area contributed by atoms with Crippen molar-refractivity contribution in [2.45, 2.75) is 39.7 Å². The van der Waals surface area contributed by atoms with Gasteiger partial charge in [0.05, 0.1) is 0 Å². The van der Waals surface area contributed by atoms with Crippen molar-refractivity contribution in [3.05, 3.63) is 18.5 Å². The molecule has 10 heteroatoms. The maximum atomic E-state index is 12.2. The topological polar surface area (TPSA) is 89.0 Å². The Bertz CT molecular complexity index is 709. The van der Waals surface area contributed by atoms with Crippen LogP contribution in [0.3, 0.4) is 0 Å². The molecule has 1 aromatic heterocycles. The predicted molar refractivity (Wildman–Crippen MR) is 140 cm³/mol. The molecule has 2 aliphatic rings.